The second-order valence-electron chi connectivity index (χ2n) is 5.52. The topological polar surface area (TPSA) is 0 Å². The van der Waals surface area contributed by atoms with E-state index in [9.17, 15) is 0 Å². The lowest BCUT2D eigenvalue weighted by atomic mass is 9.96. The van der Waals surface area contributed by atoms with E-state index in [4.69, 9.17) is 0 Å². The Hall–Kier alpha value is -0.780. The fraction of sp³-hybridized carbons (Fsp3) is 0.667. The first-order valence-corrected chi connectivity index (χ1v) is 7.58. The Morgan fingerprint density at radius 2 is 1.06 bits per heavy atom. The van der Waals surface area contributed by atoms with Gasteiger partial charge in [-0.15, -0.1) is 0 Å². The van der Waals surface area contributed by atoms with E-state index < -0.39 is 0 Å². The lowest BCUT2D eigenvalue weighted by molar-refractivity contribution is 0.427. The molecule has 0 aliphatic carbocycles. The lowest BCUT2D eigenvalue weighted by Gasteiger charge is -2.10. The van der Waals surface area contributed by atoms with E-state index in [1.165, 1.54) is 48.8 Å². The fourth-order valence-corrected chi connectivity index (χ4v) is 2.57. The first kappa shape index (κ1) is 17.2. The van der Waals surface area contributed by atoms with Gasteiger partial charge in [0.15, 0.2) is 0 Å². The van der Waals surface area contributed by atoms with E-state index >= 15 is 0 Å². The van der Waals surface area contributed by atoms with Gasteiger partial charge < -0.3 is 0 Å². The molecule has 0 bridgehead atoms. The Bertz CT molecular complexity index is 255. The third kappa shape index (κ3) is 8.33. The average molecular weight is 248 g/mol. The van der Waals surface area contributed by atoms with Crippen LogP contribution < -0.4 is 0 Å². The van der Waals surface area contributed by atoms with Gasteiger partial charge in [-0.1, -0.05) is 87.8 Å². The number of rotatable bonds is 5. The smallest absolute Gasteiger partial charge is 0.0398 e. The molecule has 0 radical (unpaired) electrons. The second-order valence-corrected chi connectivity index (χ2v) is 5.52. The molecular weight excluding hydrogens is 216 g/mol. The maximum absolute atomic E-state index is 2.30. The van der Waals surface area contributed by atoms with Crippen LogP contribution in [0.25, 0.3) is 0 Å². The maximum Gasteiger partial charge on any atom is -0.0398 e. The zero-order valence-corrected chi connectivity index (χ0v) is 13.3. The molecule has 0 heterocycles. The SMILES string of the molecule is CCCC(CC)CCC.Cc1cc(C)cc(C)c1. The van der Waals surface area contributed by atoms with Crippen molar-refractivity contribution >= 4 is 0 Å². The van der Waals surface area contributed by atoms with E-state index in [1.54, 1.807) is 0 Å². The van der Waals surface area contributed by atoms with Crippen LogP contribution in [-0.2, 0) is 0 Å². The number of hydrogen-bond donors (Lipinski definition) is 0. The van der Waals surface area contributed by atoms with Gasteiger partial charge in [-0.3, -0.25) is 0 Å². The summed E-state index contributed by atoms with van der Waals surface area (Å²) < 4.78 is 0. The predicted octanol–water partition coefficient (Wildman–Crippen LogP) is 6.22. The minimum Gasteiger partial charge on any atom is -0.0654 e. The summed E-state index contributed by atoms with van der Waals surface area (Å²) >= 11 is 0. The van der Waals surface area contributed by atoms with Gasteiger partial charge in [0.25, 0.3) is 0 Å². The summed E-state index contributed by atoms with van der Waals surface area (Å²) in [5.41, 5.74) is 4.06. The first-order valence-electron chi connectivity index (χ1n) is 7.58. The minimum atomic E-state index is 1.01. The zero-order valence-electron chi connectivity index (χ0n) is 13.3. The lowest BCUT2D eigenvalue weighted by Crippen LogP contribution is -1.96. The van der Waals surface area contributed by atoms with Gasteiger partial charge in [0.1, 0.15) is 0 Å². The van der Waals surface area contributed by atoms with Gasteiger partial charge in [0.2, 0.25) is 0 Å². The summed E-state index contributed by atoms with van der Waals surface area (Å²) in [5, 5.41) is 0. The van der Waals surface area contributed by atoms with Crippen molar-refractivity contribution in [2.24, 2.45) is 5.92 Å². The Morgan fingerprint density at radius 1 is 0.722 bits per heavy atom. The van der Waals surface area contributed by atoms with E-state index in [0.29, 0.717) is 0 Å². The summed E-state index contributed by atoms with van der Waals surface area (Å²) in [6, 6.07) is 6.56. The first-order chi connectivity index (χ1) is 8.53. The Labute approximate surface area is 115 Å². The van der Waals surface area contributed by atoms with Crippen LogP contribution in [0.1, 0.15) is 69.6 Å². The van der Waals surface area contributed by atoms with Gasteiger partial charge in [-0.25, -0.2) is 0 Å². The summed E-state index contributed by atoms with van der Waals surface area (Å²) in [6.07, 6.45) is 6.97. The molecule has 0 saturated carbocycles. The van der Waals surface area contributed by atoms with Crippen LogP contribution in [-0.4, -0.2) is 0 Å². The van der Waals surface area contributed by atoms with Crippen LogP contribution >= 0.6 is 0 Å². The second kappa shape index (κ2) is 10.2. The van der Waals surface area contributed by atoms with Crippen molar-refractivity contribution in [3.63, 3.8) is 0 Å². The summed E-state index contributed by atoms with van der Waals surface area (Å²) in [7, 11) is 0. The van der Waals surface area contributed by atoms with Crippen molar-refractivity contribution in [3.05, 3.63) is 34.9 Å². The van der Waals surface area contributed by atoms with Crippen LogP contribution in [0, 0.1) is 26.7 Å². The van der Waals surface area contributed by atoms with Crippen LogP contribution in [0.15, 0.2) is 18.2 Å². The molecule has 18 heavy (non-hydrogen) atoms. The minimum absolute atomic E-state index is 1.01. The molecule has 0 saturated heterocycles. The highest BCUT2D eigenvalue weighted by atomic mass is 14.1. The molecule has 0 aromatic heterocycles. The summed E-state index contributed by atoms with van der Waals surface area (Å²) in [5.74, 6) is 1.01. The largest absolute Gasteiger partial charge is 0.0654 e. The third-order valence-electron chi connectivity index (χ3n) is 3.34. The van der Waals surface area contributed by atoms with Crippen molar-refractivity contribution < 1.29 is 0 Å². The molecule has 0 N–H and O–H groups in total. The Kier molecular flexibility index (Phi) is 9.73. The van der Waals surface area contributed by atoms with E-state index in [0.717, 1.165) is 5.92 Å². The van der Waals surface area contributed by atoms with Crippen molar-refractivity contribution in [1.82, 2.24) is 0 Å². The highest BCUT2D eigenvalue weighted by Crippen LogP contribution is 2.16. The number of hydrogen-bond acceptors (Lipinski definition) is 0. The summed E-state index contributed by atoms with van der Waals surface area (Å²) in [6.45, 7) is 13.2. The molecule has 104 valence electrons. The van der Waals surface area contributed by atoms with E-state index in [1.807, 2.05) is 0 Å². The van der Waals surface area contributed by atoms with Crippen molar-refractivity contribution in [1.29, 1.82) is 0 Å². The molecule has 0 amide bonds. The van der Waals surface area contributed by atoms with Crippen LogP contribution in [0.3, 0.4) is 0 Å². The summed E-state index contributed by atoms with van der Waals surface area (Å²) in [4.78, 5) is 0. The van der Waals surface area contributed by atoms with Gasteiger partial charge in [-0.2, -0.15) is 0 Å². The normalized spacial score (nSPS) is 10.2. The highest BCUT2D eigenvalue weighted by Gasteiger charge is 2.01. The van der Waals surface area contributed by atoms with E-state index in [2.05, 4.69) is 59.7 Å². The maximum atomic E-state index is 2.30. The van der Waals surface area contributed by atoms with E-state index in [-0.39, 0.29) is 0 Å². The monoisotopic (exact) mass is 248 g/mol. The third-order valence-corrected chi connectivity index (χ3v) is 3.34. The molecule has 0 unspecified atom stereocenters. The molecular formula is C18H32. The van der Waals surface area contributed by atoms with Gasteiger partial charge in [0, 0.05) is 0 Å². The molecule has 1 aromatic rings. The number of benzene rings is 1. The van der Waals surface area contributed by atoms with Crippen molar-refractivity contribution in [2.45, 2.75) is 73.6 Å². The van der Waals surface area contributed by atoms with Crippen molar-refractivity contribution in [3.8, 4) is 0 Å². The van der Waals surface area contributed by atoms with Gasteiger partial charge >= 0.3 is 0 Å². The quantitative estimate of drug-likeness (QED) is 0.580. The fourth-order valence-electron chi connectivity index (χ4n) is 2.57. The molecule has 0 aliphatic heterocycles. The molecule has 0 nitrogen and oxygen atoms in total. The van der Waals surface area contributed by atoms with Crippen LogP contribution in [0.2, 0.25) is 0 Å². The number of aryl methyl sites for hydroxylation is 3. The molecule has 0 fully saturated rings. The van der Waals surface area contributed by atoms with Crippen LogP contribution in [0.5, 0.6) is 0 Å². The predicted molar refractivity (Wildman–Crippen MR) is 84.3 cm³/mol. The average Bonchev–Trinajstić information content (AvgIpc) is 2.27. The molecule has 0 atom stereocenters. The molecule has 0 heteroatoms. The standard InChI is InChI=1S/C9H12.C9H20/c1-7-4-8(2)6-9(3)5-7;1-4-7-9(6-3)8-5-2/h4-6H,1-3H3;9H,4-8H2,1-3H3. The Morgan fingerprint density at radius 3 is 1.28 bits per heavy atom. The zero-order chi connectivity index (χ0) is 14.0. The molecule has 1 aromatic carbocycles. The van der Waals surface area contributed by atoms with Gasteiger partial charge in [0.05, 0.1) is 0 Å². The molecule has 1 rings (SSSR count). The highest BCUT2D eigenvalue weighted by molar-refractivity contribution is 5.27. The molecule has 0 spiro atoms. The molecule has 0 aliphatic rings. The van der Waals surface area contributed by atoms with Gasteiger partial charge in [-0.05, 0) is 26.7 Å². The van der Waals surface area contributed by atoms with Crippen molar-refractivity contribution in [2.75, 3.05) is 0 Å². The van der Waals surface area contributed by atoms with Crippen LogP contribution in [0.4, 0.5) is 0 Å². The Balaban J connectivity index is 0.000000321.